The van der Waals surface area contributed by atoms with Gasteiger partial charge in [-0.05, 0) is 30.5 Å². The standard InChI is InChI=1S/C16H13BrN4/c17-13-4-2-1-3-11(13)12-7-10-8-19-15(9-5-6-9)21-16(10)20-14(12)18/h1-4,7-9H,5-6H2,(H2,18,19,20,21). The Morgan fingerprint density at radius 3 is 2.67 bits per heavy atom. The molecule has 0 radical (unpaired) electrons. The zero-order valence-electron chi connectivity index (χ0n) is 11.3. The van der Waals surface area contributed by atoms with Crippen LogP contribution in [0.1, 0.15) is 24.6 Å². The summed E-state index contributed by atoms with van der Waals surface area (Å²) in [6, 6.07) is 9.97. The van der Waals surface area contributed by atoms with Gasteiger partial charge >= 0.3 is 0 Å². The summed E-state index contributed by atoms with van der Waals surface area (Å²) in [4.78, 5) is 13.5. The van der Waals surface area contributed by atoms with Crippen molar-refractivity contribution >= 4 is 32.8 Å². The number of fused-ring (bicyclic) bond motifs is 1. The van der Waals surface area contributed by atoms with Crippen molar-refractivity contribution in [1.82, 2.24) is 15.0 Å². The van der Waals surface area contributed by atoms with E-state index < -0.39 is 0 Å². The van der Waals surface area contributed by atoms with Crippen molar-refractivity contribution in [2.24, 2.45) is 0 Å². The molecule has 0 aliphatic heterocycles. The summed E-state index contributed by atoms with van der Waals surface area (Å²) in [5.74, 6) is 1.90. The quantitative estimate of drug-likeness (QED) is 0.767. The highest BCUT2D eigenvalue weighted by molar-refractivity contribution is 9.10. The Bertz CT molecular complexity index is 843. The molecule has 3 aromatic rings. The lowest BCUT2D eigenvalue weighted by Gasteiger charge is -2.09. The number of anilines is 1. The van der Waals surface area contributed by atoms with Gasteiger partial charge in [-0.25, -0.2) is 15.0 Å². The molecule has 21 heavy (non-hydrogen) atoms. The molecule has 0 amide bonds. The second kappa shape index (κ2) is 4.77. The molecule has 5 heteroatoms. The minimum absolute atomic E-state index is 0.495. The number of hydrogen-bond donors (Lipinski definition) is 1. The monoisotopic (exact) mass is 340 g/mol. The second-order valence-electron chi connectivity index (χ2n) is 5.32. The van der Waals surface area contributed by atoms with Gasteiger partial charge in [0.15, 0.2) is 5.65 Å². The maximum atomic E-state index is 6.14. The molecule has 4 nitrogen and oxygen atoms in total. The van der Waals surface area contributed by atoms with E-state index in [1.807, 2.05) is 36.5 Å². The van der Waals surface area contributed by atoms with Crippen molar-refractivity contribution in [3.05, 3.63) is 46.8 Å². The maximum Gasteiger partial charge on any atom is 0.165 e. The summed E-state index contributed by atoms with van der Waals surface area (Å²) in [5.41, 5.74) is 8.74. The third-order valence-electron chi connectivity index (χ3n) is 3.72. The third-order valence-corrected chi connectivity index (χ3v) is 4.41. The number of nitrogens with two attached hydrogens (primary N) is 1. The third kappa shape index (κ3) is 2.27. The average Bonchev–Trinajstić information content (AvgIpc) is 3.31. The van der Waals surface area contributed by atoms with Crippen molar-refractivity contribution in [3.8, 4) is 11.1 Å². The van der Waals surface area contributed by atoms with Crippen LogP contribution in [0.5, 0.6) is 0 Å². The van der Waals surface area contributed by atoms with Crippen molar-refractivity contribution in [2.75, 3.05) is 5.73 Å². The summed E-state index contributed by atoms with van der Waals surface area (Å²) in [5, 5.41) is 0.916. The van der Waals surface area contributed by atoms with Crippen LogP contribution in [0.15, 0.2) is 41.0 Å². The molecule has 1 aliphatic carbocycles. The number of nitrogen functional groups attached to an aromatic ring is 1. The minimum Gasteiger partial charge on any atom is -0.383 e. The van der Waals surface area contributed by atoms with Crippen LogP contribution in [0, 0.1) is 0 Å². The molecule has 104 valence electrons. The van der Waals surface area contributed by atoms with Crippen molar-refractivity contribution in [2.45, 2.75) is 18.8 Å². The van der Waals surface area contributed by atoms with E-state index in [1.165, 1.54) is 12.8 Å². The van der Waals surface area contributed by atoms with Gasteiger partial charge in [0.2, 0.25) is 0 Å². The number of rotatable bonds is 2. The SMILES string of the molecule is Nc1nc2nc(C3CC3)ncc2cc1-c1ccccc1Br. The van der Waals surface area contributed by atoms with E-state index in [2.05, 4.69) is 30.9 Å². The fourth-order valence-corrected chi connectivity index (χ4v) is 2.92. The van der Waals surface area contributed by atoms with Gasteiger partial charge in [-0.3, -0.25) is 0 Å². The van der Waals surface area contributed by atoms with E-state index in [4.69, 9.17) is 5.73 Å². The molecular formula is C16H13BrN4. The first-order valence-corrected chi connectivity index (χ1v) is 7.70. The topological polar surface area (TPSA) is 64.7 Å². The maximum absolute atomic E-state index is 6.14. The normalized spacial score (nSPS) is 14.5. The summed E-state index contributed by atoms with van der Waals surface area (Å²) < 4.78 is 0.994. The van der Waals surface area contributed by atoms with Crippen LogP contribution >= 0.6 is 15.9 Å². The van der Waals surface area contributed by atoms with E-state index in [9.17, 15) is 0 Å². The lowest BCUT2D eigenvalue weighted by Crippen LogP contribution is -1.99. The molecule has 2 N–H and O–H groups in total. The number of benzene rings is 1. The van der Waals surface area contributed by atoms with Crippen LogP contribution in [0.25, 0.3) is 22.2 Å². The van der Waals surface area contributed by atoms with Crippen molar-refractivity contribution in [1.29, 1.82) is 0 Å². The number of hydrogen-bond acceptors (Lipinski definition) is 4. The molecule has 0 bridgehead atoms. The summed E-state index contributed by atoms with van der Waals surface area (Å²) in [7, 11) is 0. The summed E-state index contributed by atoms with van der Waals surface area (Å²) in [6.07, 6.45) is 4.20. The Kier molecular flexibility index (Phi) is 2.89. The van der Waals surface area contributed by atoms with E-state index in [0.29, 0.717) is 17.4 Å². The van der Waals surface area contributed by atoms with Gasteiger partial charge in [0.05, 0.1) is 0 Å². The molecule has 1 aliphatic rings. The van der Waals surface area contributed by atoms with Crippen LogP contribution < -0.4 is 5.73 Å². The van der Waals surface area contributed by atoms with E-state index >= 15 is 0 Å². The van der Waals surface area contributed by atoms with Crippen LogP contribution in [0.3, 0.4) is 0 Å². The zero-order valence-corrected chi connectivity index (χ0v) is 12.8. The first-order valence-electron chi connectivity index (χ1n) is 6.90. The molecule has 1 saturated carbocycles. The van der Waals surface area contributed by atoms with E-state index in [0.717, 1.165) is 26.8 Å². The fourth-order valence-electron chi connectivity index (χ4n) is 2.42. The highest BCUT2D eigenvalue weighted by Crippen LogP contribution is 2.38. The number of pyridine rings is 1. The fraction of sp³-hybridized carbons (Fsp3) is 0.188. The average molecular weight is 341 g/mol. The van der Waals surface area contributed by atoms with Crippen LogP contribution in [0.4, 0.5) is 5.82 Å². The molecule has 2 heterocycles. The summed E-state index contributed by atoms with van der Waals surface area (Å²) in [6.45, 7) is 0. The molecule has 0 unspecified atom stereocenters. The predicted octanol–water partition coefficient (Wildman–Crippen LogP) is 3.91. The van der Waals surface area contributed by atoms with Gasteiger partial charge < -0.3 is 5.73 Å². The van der Waals surface area contributed by atoms with Gasteiger partial charge in [-0.15, -0.1) is 0 Å². The first-order chi connectivity index (χ1) is 10.2. The Labute approximate surface area is 130 Å². The molecule has 1 fully saturated rings. The van der Waals surface area contributed by atoms with Crippen LogP contribution in [-0.2, 0) is 0 Å². The first kappa shape index (κ1) is 12.7. The smallest absolute Gasteiger partial charge is 0.165 e. The number of halogens is 1. The molecule has 0 saturated heterocycles. The largest absolute Gasteiger partial charge is 0.383 e. The van der Waals surface area contributed by atoms with Gasteiger partial charge in [-0.1, -0.05) is 34.1 Å². The van der Waals surface area contributed by atoms with E-state index in [-0.39, 0.29) is 0 Å². The molecular weight excluding hydrogens is 328 g/mol. The van der Waals surface area contributed by atoms with Gasteiger partial charge in [0, 0.05) is 27.5 Å². The number of aromatic nitrogens is 3. The molecule has 0 spiro atoms. The lowest BCUT2D eigenvalue weighted by atomic mass is 10.1. The summed E-state index contributed by atoms with van der Waals surface area (Å²) >= 11 is 3.56. The molecule has 4 rings (SSSR count). The lowest BCUT2D eigenvalue weighted by molar-refractivity contribution is 0.941. The highest BCUT2D eigenvalue weighted by atomic mass is 79.9. The van der Waals surface area contributed by atoms with Crippen molar-refractivity contribution in [3.63, 3.8) is 0 Å². The predicted molar refractivity (Wildman–Crippen MR) is 86.9 cm³/mol. The Morgan fingerprint density at radius 1 is 1.10 bits per heavy atom. The van der Waals surface area contributed by atoms with Crippen LogP contribution in [-0.4, -0.2) is 15.0 Å². The molecule has 0 atom stereocenters. The van der Waals surface area contributed by atoms with Crippen molar-refractivity contribution < 1.29 is 0 Å². The van der Waals surface area contributed by atoms with Gasteiger partial charge in [0.1, 0.15) is 11.6 Å². The number of nitrogens with zero attached hydrogens (tertiary/aromatic N) is 3. The Morgan fingerprint density at radius 2 is 1.90 bits per heavy atom. The van der Waals surface area contributed by atoms with Gasteiger partial charge in [0.25, 0.3) is 0 Å². The second-order valence-corrected chi connectivity index (χ2v) is 6.17. The Balaban J connectivity index is 1.89. The zero-order chi connectivity index (χ0) is 14.4. The van der Waals surface area contributed by atoms with E-state index in [1.54, 1.807) is 0 Å². The van der Waals surface area contributed by atoms with Gasteiger partial charge in [-0.2, -0.15) is 0 Å². The highest BCUT2D eigenvalue weighted by Gasteiger charge is 2.26. The molecule has 2 aromatic heterocycles. The Hall–Kier alpha value is -2.01. The molecule has 1 aromatic carbocycles. The minimum atomic E-state index is 0.495. The van der Waals surface area contributed by atoms with Crippen LogP contribution in [0.2, 0.25) is 0 Å².